The van der Waals surface area contributed by atoms with Crippen LogP contribution in [-0.4, -0.2) is 61.5 Å². The lowest BCUT2D eigenvalue weighted by Crippen LogP contribution is -2.10. The number of carbonyl (C=O) groups excluding carboxylic acids is 2. The molecule has 12 heteroatoms. The molecule has 0 aromatic heterocycles. The summed E-state index contributed by atoms with van der Waals surface area (Å²) in [4.78, 5) is 45.0. The van der Waals surface area contributed by atoms with E-state index in [4.69, 9.17) is 29.2 Å². The Morgan fingerprint density at radius 3 is 1.50 bits per heavy atom. The van der Waals surface area contributed by atoms with E-state index in [0.717, 1.165) is 6.07 Å². The summed E-state index contributed by atoms with van der Waals surface area (Å²) in [6, 6.07) is 5.30. The Morgan fingerprint density at radius 2 is 1.06 bits per heavy atom. The summed E-state index contributed by atoms with van der Waals surface area (Å²) >= 11 is 6.22. The number of hydrogen-bond donors (Lipinski definition) is 2. The van der Waals surface area contributed by atoms with Crippen LogP contribution in [0.3, 0.4) is 0 Å². The molecule has 0 atom stereocenters. The minimum absolute atomic E-state index is 0.0168. The van der Waals surface area contributed by atoms with Gasteiger partial charge in [0.05, 0.1) is 38.6 Å². The van der Waals surface area contributed by atoms with Crippen molar-refractivity contribution < 1.29 is 48.3 Å². The van der Waals surface area contributed by atoms with Crippen LogP contribution in [0.5, 0.6) is 11.5 Å². The molecule has 0 unspecified atom stereocenters. The van der Waals surface area contributed by atoms with Crippen molar-refractivity contribution in [2.75, 3.05) is 27.4 Å². The van der Waals surface area contributed by atoms with Crippen molar-refractivity contribution in [3.8, 4) is 11.5 Å². The highest BCUT2D eigenvalue weighted by Gasteiger charge is 2.20. The first-order valence-electron chi connectivity index (χ1n) is 9.58. The van der Waals surface area contributed by atoms with Gasteiger partial charge in [-0.15, -0.1) is 0 Å². The topological polar surface area (TPSA) is 146 Å². The number of ether oxygens (including phenoxy) is 4. The zero-order valence-electron chi connectivity index (χ0n) is 18.6. The van der Waals surface area contributed by atoms with Gasteiger partial charge in [0.25, 0.3) is 0 Å². The quantitative estimate of drug-likeness (QED) is 0.407. The van der Waals surface area contributed by atoms with E-state index in [1.165, 1.54) is 32.4 Å². The molecule has 0 bridgehead atoms. The summed E-state index contributed by atoms with van der Waals surface area (Å²) < 4.78 is 20.4. The van der Waals surface area contributed by atoms with Crippen LogP contribution >= 0.6 is 31.9 Å². The Hall–Kier alpha value is -3.12. The molecule has 0 amide bonds. The summed E-state index contributed by atoms with van der Waals surface area (Å²) in [5.41, 5.74) is 0.419. The zero-order valence-corrected chi connectivity index (χ0v) is 21.8. The lowest BCUT2D eigenvalue weighted by molar-refractivity contribution is 0.0507. The molecule has 184 valence electrons. The van der Waals surface area contributed by atoms with Gasteiger partial charge in [0.15, 0.2) is 0 Å². The van der Waals surface area contributed by atoms with Crippen LogP contribution in [0.25, 0.3) is 0 Å². The molecule has 10 nitrogen and oxygen atoms in total. The highest BCUT2D eigenvalue weighted by Crippen LogP contribution is 2.29. The van der Waals surface area contributed by atoms with Gasteiger partial charge in [0, 0.05) is 8.95 Å². The third-order valence-corrected chi connectivity index (χ3v) is 5.34. The number of benzene rings is 2. The first-order chi connectivity index (χ1) is 16.0. The minimum atomic E-state index is -1.18. The summed E-state index contributed by atoms with van der Waals surface area (Å²) in [6.07, 6.45) is 0. The zero-order chi connectivity index (χ0) is 26.0. The Bertz CT molecular complexity index is 1080. The van der Waals surface area contributed by atoms with Crippen molar-refractivity contribution in [3.63, 3.8) is 0 Å². The molecule has 2 rings (SSSR count). The molecule has 0 saturated carbocycles. The van der Waals surface area contributed by atoms with Crippen LogP contribution in [0.2, 0.25) is 0 Å². The molecule has 0 aliphatic rings. The molecule has 0 aliphatic carbocycles. The van der Waals surface area contributed by atoms with E-state index in [2.05, 4.69) is 31.9 Å². The Labute approximate surface area is 212 Å². The van der Waals surface area contributed by atoms with Gasteiger partial charge >= 0.3 is 23.9 Å². The average Bonchev–Trinajstić information content (AvgIpc) is 2.79. The fraction of sp³-hybridized carbons (Fsp3) is 0.273. The first kappa shape index (κ1) is 28.9. The highest BCUT2D eigenvalue weighted by atomic mass is 79.9. The smallest absolute Gasteiger partial charge is 0.341 e. The van der Waals surface area contributed by atoms with Crippen molar-refractivity contribution in [3.05, 3.63) is 55.5 Å². The fourth-order valence-electron chi connectivity index (χ4n) is 2.51. The normalized spacial score (nSPS) is 9.82. The van der Waals surface area contributed by atoms with Crippen molar-refractivity contribution in [1.29, 1.82) is 0 Å². The summed E-state index contributed by atoms with van der Waals surface area (Å²) in [6.45, 7) is 3.97. The van der Waals surface area contributed by atoms with E-state index < -0.39 is 23.9 Å². The Kier molecular flexibility index (Phi) is 11.5. The molecular weight excluding hydrogens is 584 g/mol. The van der Waals surface area contributed by atoms with E-state index in [0.29, 0.717) is 10.0 Å². The maximum atomic E-state index is 11.7. The summed E-state index contributed by atoms with van der Waals surface area (Å²) in [5, 5.41) is 17.6. The maximum Gasteiger partial charge on any atom is 0.341 e. The number of hydrogen-bond acceptors (Lipinski definition) is 8. The highest BCUT2D eigenvalue weighted by molar-refractivity contribution is 9.10. The number of rotatable bonds is 8. The lowest BCUT2D eigenvalue weighted by Gasteiger charge is -2.11. The number of carbonyl (C=O) groups is 4. The van der Waals surface area contributed by atoms with Gasteiger partial charge in [-0.2, -0.15) is 0 Å². The van der Waals surface area contributed by atoms with E-state index in [-0.39, 0.29) is 45.9 Å². The van der Waals surface area contributed by atoms with Gasteiger partial charge in [-0.1, -0.05) is 0 Å². The fourth-order valence-corrected chi connectivity index (χ4v) is 3.53. The largest absolute Gasteiger partial charge is 0.496 e. The van der Waals surface area contributed by atoms with Gasteiger partial charge in [-0.3, -0.25) is 0 Å². The molecule has 0 saturated heterocycles. The summed E-state index contributed by atoms with van der Waals surface area (Å²) in [5.74, 6) is -3.03. The molecule has 2 aromatic carbocycles. The number of carboxylic acids is 2. The van der Waals surface area contributed by atoms with Gasteiger partial charge in [0.1, 0.15) is 22.6 Å². The third-order valence-electron chi connectivity index (χ3n) is 4.03. The molecule has 2 N–H and O–H groups in total. The molecule has 0 fully saturated rings. The molecule has 34 heavy (non-hydrogen) atoms. The van der Waals surface area contributed by atoms with Crippen LogP contribution in [-0.2, 0) is 9.47 Å². The van der Waals surface area contributed by atoms with E-state index in [1.807, 2.05) is 0 Å². The van der Waals surface area contributed by atoms with Gasteiger partial charge in [-0.25, -0.2) is 19.2 Å². The second-order valence-electron chi connectivity index (χ2n) is 6.12. The number of carboxylic acid groups (broad SMARTS) is 2. The maximum absolute atomic E-state index is 11.7. The average molecular weight is 606 g/mol. The van der Waals surface area contributed by atoms with Crippen LogP contribution < -0.4 is 9.47 Å². The van der Waals surface area contributed by atoms with E-state index in [9.17, 15) is 19.2 Å². The van der Waals surface area contributed by atoms with Crippen LogP contribution in [0.4, 0.5) is 0 Å². The molecule has 0 radical (unpaired) electrons. The molecule has 0 heterocycles. The Morgan fingerprint density at radius 1 is 0.676 bits per heavy atom. The van der Waals surface area contributed by atoms with Crippen molar-refractivity contribution >= 4 is 55.7 Å². The third kappa shape index (κ3) is 7.45. The van der Waals surface area contributed by atoms with Gasteiger partial charge in [0.2, 0.25) is 0 Å². The van der Waals surface area contributed by atoms with Crippen molar-refractivity contribution in [2.45, 2.75) is 13.8 Å². The summed E-state index contributed by atoms with van der Waals surface area (Å²) in [7, 11) is 2.70. The van der Waals surface area contributed by atoms with E-state index >= 15 is 0 Å². The van der Waals surface area contributed by atoms with Gasteiger partial charge in [-0.05, 0) is 70.0 Å². The van der Waals surface area contributed by atoms with Crippen LogP contribution in [0.15, 0.2) is 33.2 Å². The second-order valence-corrected chi connectivity index (χ2v) is 7.82. The second kappa shape index (κ2) is 13.6. The van der Waals surface area contributed by atoms with Crippen LogP contribution in [0, 0.1) is 0 Å². The van der Waals surface area contributed by atoms with Crippen LogP contribution in [0.1, 0.15) is 55.3 Å². The molecular formula is C22H22Br2O10. The number of esters is 2. The van der Waals surface area contributed by atoms with Crippen molar-refractivity contribution in [1.82, 2.24) is 0 Å². The number of methoxy groups -OCH3 is 2. The van der Waals surface area contributed by atoms with Gasteiger partial charge < -0.3 is 29.2 Å². The minimum Gasteiger partial charge on any atom is -0.496 e. The SMILES string of the molecule is CCOC(=O)c1cc(OC)c(C(=O)OCC)cc1Br.COc1cc(C(=O)O)c(Br)cc1C(=O)O. The molecule has 0 spiro atoms. The van der Waals surface area contributed by atoms with Crippen molar-refractivity contribution in [2.24, 2.45) is 0 Å². The predicted octanol–water partition coefficient (Wildman–Crippen LogP) is 4.67. The predicted molar refractivity (Wildman–Crippen MR) is 127 cm³/mol. The molecule has 2 aromatic rings. The Balaban J connectivity index is 0.000000350. The monoisotopic (exact) mass is 604 g/mol. The first-order valence-corrected chi connectivity index (χ1v) is 11.2. The molecule has 0 aliphatic heterocycles. The van der Waals surface area contributed by atoms with E-state index in [1.54, 1.807) is 13.8 Å². The standard InChI is InChI=1S/C13H15BrO5.C9H7BrO5/c1-4-18-12(15)8-7-11(17-3)9(6-10(8)14)13(16)19-5-2;1-15-7-3-4(8(11)12)6(10)2-5(7)9(13)14/h6-7H,4-5H2,1-3H3;2-3H,1H3,(H,11,12)(H,13,14). The lowest BCUT2D eigenvalue weighted by atomic mass is 10.1. The number of aromatic carboxylic acids is 2. The number of halogens is 2.